The molecule has 6 fully saturated rings. The lowest BCUT2D eigenvalue weighted by Gasteiger charge is -2.31. The summed E-state index contributed by atoms with van der Waals surface area (Å²) in [5.74, 6) is 0.964. The maximum atomic E-state index is 12.6. The van der Waals surface area contributed by atoms with Crippen LogP contribution in [-0.2, 0) is 42.7 Å². The van der Waals surface area contributed by atoms with Crippen molar-refractivity contribution < 1.29 is 50.1 Å². The summed E-state index contributed by atoms with van der Waals surface area (Å²) in [6.07, 6.45) is 10.6. The highest BCUT2D eigenvalue weighted by Gasteiger charge is 2.39. The number of primary sulfonamides is 1. The van der Waals surface area contributed by atoms with E-state index >= 15 is 0 Å². The summed E-state index contributed by atoms with van der Waals surface area (Å²) in [6.45, 7) is 3.96. The SMILES string of the molecule is NS(=O)(=O)C1CC1.O=C(NS(=O)(=O)C1CC1)c1ccc2nc(N3CCC(OCc4c(-c5c(Cl)cccc5Cl)noc4C4CC4)CC3)sc2c1.O=C(O)c1ccc2nc(N3CCC(OCc4c(-c5c(Cl)cccc5Cl)noc4C4CC4)CC3)sc2c1. The molecule has 14 rings (SSSR count). The van der Waals surface area contributed by atoms with Crippen molar-refractivity contribution in [3.05, 3.63) is 127 Å². The van der Waals surface area contributed by atoms with E-state index in [2.05, 4.69) is 24.8 Å². The summed E-state index contributed by atoms with van der Waals surface area (Å²) in [4.78, 5) is 37.8. The molecule has 85 heavy (non-hydrogen) atoms. The van der Waals surface area contributed by atoms with Crippen molar-refractivity contribution in [3.63, 3.8) is 0 Å². The van der Waals surface area contributed by atoms with E-state index in [0.29, 0.717) is 86.1 Å². The van der Waals surface area contributed by atoms with Gasteiger partial charge in [-0.3, -0.25) is 4.79 Å². The molecule has 6 aliphatic rings. The Labute approximate surface area is 518 Å². The Balaban J connectivity index is 0.000000151. The van der Waals surface area contributed by atoms with Gasteiger partial charge in [-0.25, -0.2) is 41.5 Å². The van der Waals surface area contributed by atoms with E-state index in [4.69, 9.17) is 80.0 Å². The van der Waals surface area contributed by atoms with E-state index in [0.717, 1.165) is 144 Å². The molecule has 0 bridgehead atoms. The van der Waals surface area contributed by atoms with Gasteiger partial charge in [-0.1, -0.05) is 91.5 Å². The number of sulfonamides is 2. The first kappa shape index (κ1) is 59.9. The first-order valence-corrected chi connectivity index (χ1v) is 34.4. The van der Waals surface area contributed by atoms with Crippen LogP contribution < -0.4 is 19.7 Å². The number of carboxylic acid groups (broad SMARTS) is 1. The van der Waals surface area contributed by atoms with Crippen LogP contribution in [0.5, 0.6) is 0 Å². The van der Waals surface area contributed by atoms with Gasteiger partial charge in [-0.2, -0.15) is 0 Å². The predicted molar refractivity (Wildman–Crippen MR) is 330 cm³/mol. The van der Waals surface area contributed by atoms with Crippen LogP contribution in [0.15, 0.2) is 81.8 Å². The fourth-order valence-corrected chi connectivity index (χ4v) is 15.7. The number of carbonyl (C=O) groups excluding carboxylic acids is 1. The number of rotatable bonds is 17. The molecule has 8 aromatic rings. The van der Waals surface area contributed by atoms with Gasteiger partial charge in [0.05, 0.1) is 82.0 Å². The molecule has 2 saturated heterocycles. The van der Waals surface area contributed by atoms with Crippen LogP contribution >= 0.6 is 69.1 Å². The van der Waals surface area contributed by atoms with Crippen LogP contribution in [0.1, 0.15) is 132 Å². The number of aromatic nitrogens is 4. The number of nitrogens with two attached hydrogens (primary N) is 1. The number of amides is 1. The molecule has 4 saturated carbocycles. The van der Waals surface area contributed by atoms with Gasteiger partial charge in [0.25, 0.3) is 5.91 Å². The molecule has 0 atom stereocenters. The minimum atomic E-state index is -3.60. The Hall–Kier alpha value is -5.44. The number of aromatic carboxylic acids is 1. The van der Waals surface area contributed by atoms with Crippen molar-refractivity contribution >= 4 is 132 Å². The number of carboxylic acids is 1. The zero-order chi connectivity index (χ0) is 59.3. The Morgan fingerprint density at radius 2 is 1.01 bits per heavy atom. The lowest BCUT2D eigenvalue weighted by Crippen LogP contribution is -2.36. The van der Waals surface area contributed by atoms with Crippen molar-refractivity contribution in [1.29, 1.82) is 0 Å². The summed E-state index contributed by atoms with van der Waals surface area (Å²) in [5.41, 5.74) is 6.73. The van der Waals surface area contributed by atoms with Gasteiger partial charge >= 0.3 is 5.97 Å². The Morgan fingerprint density at radius 1 is 0.600 bits per heavy atom. The first-order valence-electron chi connectivity index (χ1n) is 28.1. The van der Waals surface area contributed by atoms with Crippen molar-refractivity contribution in [2.45, 2.75) is 125 Å². The second-order valence-corrected chi connectivity index (χ2v) is 29.6. The van der Waals surface area contributed by atoms with Gasteiger partial charge in [-0.05, 0) is 138 Å². The van der Waals surface area contributed by atoms with Gasteiger partial charge in [0, 0.05) is 65.8 Å². The minimum absolute atomic E-state index is 0.0656. The van der Waals surface area contributed by atoms with Crippen molar-refractivity contribution in [2.75, 3.05) is 36.0 Å². The van der Waals surface area contributed by atoms with Gasteiger partial charge in [-0.15, -0.1) is 0 Å². The lowest BCUT2D eigenvalue weighted by atomic mass is 10.0. The maximum Gasteiger partial charge on any atom is 0.335 e. The van der Waals surface area contributed by atoms with E-state index in [1.165, 1.54) is 22.7 Å². The molecule has 1 amide bonds. The Bertz CT molecular complexity index is 4010. The second kappa shape index (κ2) is 25.0. The second-order valence-electron chi connectivity index (χ2n) is 22.1. The molecule has 4 aliphatic carbocycles. The largest absolute Gasteiger partial charge is 0.478 e. The zero-order valence-corrected chi connectivity index (χ0v) is 51.8. The average Bonchev–Trinajstić information content (AvgIpc) is 3.33. The van der Waals surface area contributed by atoms with Crippen LogP contribution in [0.3, 0.4) is 0 Å². The molecule has 2 aliphatic heterocycles. The van der Waals surface area contributed by atoms with Crippen LogP contribution in [0.2, 0.25) is 20.1 Å². The topological polar surface area (TPSA) is 263 Å². The van der Waals surface area contributed by atoms with E-state index in [9.17, 15) is 31.5 Å². The van der Waals surface area contributed by atoms with Gasteiger partial charge in [0.2, 0.25) is 20.0 Å². The van der Waals surface area contributed by atoms with E-state index < -0.39 is 37.2 Å². The third-order valence-electron chi connectivity index (χ3n) is 15.7. The molecule has 27 heteroatoms. The molecular weight excluding hydrogens is 1250 g/mol. The fourth-order valence-electron chi connectivity index (χ4n) is 10.3. The molecular formula is C58H58Cl4N8O11S4. The van der Waals surface area contributed by atoms with Crippen LogP contribution in [0.25, 0.3) is 42.9 Å². The number of thiazole rings is 2. The number of anilines is 2. The maximum absolute atomic E-state index is 12.6. The van der Waals surface area contributed by atoms with Crippen molar-refractivity contribution in [2.24, 2.45) is 5.14 Å². The fraction of sp³-hybridized carbons (Fsp3) is 0.414. The highest BCUT2D eigenvalue weighted by atomic mass is 35.5. The highest BCUT2D eigenvalue weighted by molar-refractivity contribution is 7.91. The number of carbonyl (C=O) groups is 2. The molecule has 0 radical (unpaired) electrons. The number of piperidine rings is 2. The summed E-state index contributed by atoms with van der Waals surface area (Å²) in [6, 6.07) is 21.0. The standard InChI is InChI=1S/C29H28Cl2N4O5S2.C26H23Cl2N3O4S.C3H7NO2S/c30-21-2-1-3-22(31)25(21)26-20(27(40-33-26)16-4-5-16)15-39-18-10-12-35(13-11-18)29-32-23-9-6-17(14-24(23)41-29)28(36)34-42(37,38)19-7-8-19;27-18-2-1-3-19(28)22(18)23-17(24(35-30-23)14-4-5-14)13-34-16-8-10-31(11-9-16)26-29-20-7-6-15(25(32)33)12-21(20)36-26;4-7(5,6)3-1-2-3/h1-3,6,9,14,16,18-19H,4-5,7-8,10-13,15H2,(H,34,36);1-3,6-7,12,14,16H,4-5,8-11,13H2,(H,32,33);3H,1-2H2,(H2,4,5,6). The number of nitrogens with zero attached hydrogens (tertiary/aromatic N) is 6. The molecule has 0 unspecified atom stereocenters. The molecule has 4 N–H and O–H groups in total. The molecule has 4 aromatic carbocycles. The van der Waals surface area contributed by atoms with E-state index in [-0.39, 0.29) is 23.0 Å². The summed E-state index contributed by atoms with van der Waals surface area (Å²) < 4.78 is 72.9. The molecule has 448 valence electrons. The lowest BCUT2D eigenvalue weighted by molar-refractivity contribution is 0.0245. The first-order chi connectivity index (χ1) is 40.8. The predicted octanol–water partition coefficient (Wildman–Crippen LogP) is 13.0. The number of nitrogens with one attached hydrogen (secondary N) is 1. The average molecular weight is 1310 g/mol. The Kier molecular flexibility index (Phi) is 17.6. The van der Waals surface area contributed by atoms with Crippen LogP contribution in [-0.4, -0.2) is 103 Å². The van der Waals surface area contributed by atoms with Gasteiger partial charge in [0.15, 0.2) is 10.3 Å². The Morgan fingerprint density at radius 3 is 1.39 bits per heavy atom. The van der Waals surface area contributed by atoms with Gasteiger partial charge in [0.1, 0.15) is 22.9 Å². The van der Waals surface area contributed by atoms with E-state index in [1.807, 2.05) is 12.1 Å². The summed E-state index contributed by atoms with van der Waals surface area (Å²) >= 11 is 29.0. The quantitative estimate of drug-likeness (QED) is 0.0765. The third-order valence-corrected chi connectivity index (χ3v) is 22.4. The third kappa shape index (κ3) is 14.0. The number of benzene rings is 4. The highest BCUT2D eigenvalue weighted by Crippen LogP contribution is 2.48. The molecule has 0 spiro atoms. The molecule has 6 heterocycles. The number of ether oxygens (including phenoxy) is 2. The van der Waals surface area contributed by atoms with Crippen molar-refractivity contribution in [1.82, 2.24) is 25.0 Å². The zero-order valence-electron chi connectivity index (χ0n) is 45.6. The smallest absolute Gasteiger partial charge is 0.335 e. The molecule has 19 nitrogen and oxygen atoms in total. The number of hydrogen-bond donors (Lipinski definition) is 3. The summed E-state index contributed by atoms with van der Waals surface area (Å²) in [5, 5.41) is 25.9. The number of halogens is 4. The molecule has 4 aromatic heterocycles. The minimum Gasteiger partial charge on any atom is -0.478 e. The number of fused-ring (bicyclic) bond motifs is 2. The van der Waals surface area contributed by atoms with Crippen LogP contribution in [0.4, 0.5) is 10.3 Å². The van der Waals surface area contributed by atoms with Crippen LogP contribution in [0, 0.1) is 0 Å². The number of hydrogen-bond acceptors (Lipinski definition) is 18. The monoisotopic (exact) mass is 1310 g/mol. The normalized spacial score (nSPS) is 17.8. The van der Waals surface area contributed by atoms with E-state index in [1.54, 1.807) is 60.7 Å². The van der Waals surface area contributed by atoms with Crippen molar-refractivity contribution in [3.8, 4) is 22.5 Å². The summed E-state index contributed by atoms with van der Waals surface area (Å²) in [7, 11) is -6.73. The van der Waals surface area contributed by atoms with Gasteiger partial charge < -0.3 is 33.4 Å².